The van der Waals surface area contributed by atoms with Crippen molar-refractivity contribution < 1.29 is 9.53 Å². The van der Waals surface area contributed by atoms with E-state index in [4.69, 9.17) is 4.74 Å². The first kappa shape index (κ1) is 18.0. The molecule has 1 N–H and O–H groups in total. The lowest BCUT2D eigenvalue weighted by Crippen LogP contribution is -2.26. The highest BCUT2D eigenvalue weighted by molar-refractivity contribution is 8.00. The van der Waals surface area contributed by atoms with Crippen molar-refractivity contribution in [2.75, 3.05) is 6.61 Å². The molecule has 0 radical (unpaired) electrons. The second-order valence-electron chi connectivity index (χ2n) is 5.08. The number of nitrogens with one attached hydrogen (secondary N) is 1. The molecule has 5 nitrogen and oxygen atoms in total. The van der Waals surface area contributed by atoms with Gasteiger partial charge in [0.1, 0.15) is 5.75 Å². The van der Waals surface area contributed by atoms with Crippen LogP contribution in [0.25, 0.3) is 0 Å². The second-order valence-corrected chi connectivity index (χ2v) is 6.44. The molecule has 24 heavy (non-hydrogen) atoms. The maximum atomic E-state index is 12.0. The van der Waals surface area contributed by atoms with Gasteiger partial charge in [0.25, 0.3) is 5.91 Å². The summed E-state index contributed by atoms with van der Waals surface area (Å²) in [5.41, 5.74) is 3.44. The van der Waals surface area contributed by atoms with Gasteiger partial charge in [-0.05, 0) is 55.3 Å². The van der Waals surface area contributed by atoms with Gasteiger partial charge in [0.15, 0.2) is 0 Å². The number of rotatable bonds is 8. The third kappa shape index (κ3) is 6.04. The Morgan fingerprint density at radius 1 is 1.33 bits per heavy atom. The molecule has 1 amide bonds. The van der Waals surface area contributed by atoms with Gasteiger partial charge in [-0.15, -0.1) is 0 Å². The average Bonchev–Trinajstić information content (AvgIpc) is 2.61. The first-order valence-electron chi connectivity index (χ1n) is 7.82. The van der Waals surface area contributed by atoms with Crippen molar-refractivity contribution in [3.63, 3.8) is 0 Å². The Morgan fingerprint density at radius 3 is 2.79 bits per heavy atom. The van der Waals surface area contributed by atoms with Crippen LogP contribution in [0, 0.1) is 0 Å². The number of hydrogen-bond donors (Lipinski definition) is 1. The van der Waals surface area contributed by atoms with Crippen LogP contribution >= 0.6 is 11.8 Å². The number of amides is 1. The number of hydrazone groups is 1. The lowest BCUT2D eigenvalue weighted by molar-refractivity contribution is -0.120. The number of thioether (sulfide) groups is 1. The topological polar surface area (TPSA) is 63.6 Å². The van der Waals surface area contributed by atoms with E-state index >= 15 is 0 Å². The van der Waals surface area contributed by atoms with E-state index in [1.54, 1.807) is 12.4 Å². The van der Waals surface area contributed by atoms with Gasteiger partial charge in [-0.25, -0.2) is 10.4 Å². The number of carbonyl (C=O) groups excluding carboxylic acids is 1. The monoisotopic (exact) mass is 343 g/mol. The standard InChI is InChI=1S/C18H21N3O2S/c1-3-12-23-16-9-7-15(8-10-16)13-20-21-18(22)14(2)24-17-6-4-5-11-19-17/h4-11,13-14H,3,12H2,1-2H3,(H,21,22)/b20-13-/t14-/m0/s1. The van der Waals surface area contributed by atoms with E-state index < -0.39 is 0 Å². The molecule has 0 saturated carbocycles. The van der Waals surface area contributed by atoms with Gasteiger partial charge < -0.3 is 4.74 Å². The van der Waals surface area contributed by atoms with Crippen LogP contribution in [-0.2, 0) is 4.79 Å². The first-order valence-corrected chi connectivity index (χ1v) is 8.70. The zero-order valence-corrected chi connectivity index (χ0v) is 14.6. The van der Waals surface area contributed by atoms with Crippen molar-refractivity contribution >= 4 is 23.9 Å². The summed E-state index contributed by atoms with van der Waals surface area (Å²) in [7, 11) is 0. The molecule has 0 saturated heterocycles. The van der Waals surface area contributed by atoms with Crippen molar-refractivity contribution in [3.05, 3.63) is 54.2 Å². The van der Waals surface area contributed by atoms with Gasteiger partial charge in [0.2, 0.25) is 0 Å². The Balaban J connectivity index is 1.81. The fraction of sp³-hybridized carbons (Fsp3) is 0.278. The van der Waals surface area contributed by atoms with Gasteiger partial charge >= 0.3 is 0 Å². The number of aromatic nitrogens is 1. The Kier molecular flexibility index (Phi) is 7.29. The van der Waals surface area contributed by atoms with E-state index in [1.807, 2.05) is 49.4 Å². The van der Waals surface area contributed by atoms with Crippen molar-refractivity contribution in [1.29, 1.82) is 0 Å². The summed E-state index contributed by atoms with van der Waals surface area (Å²) in [6.07, 6.45) is 4.29. The summed E-state index contributed by atoms with van der Waals surface area (Å²) >= 11 is 1.39. The zero-order valence-electron chi connectivity index (χ0n) is 13.8. The normalized spacial score (nSPS) is 12.1. The maximum absolute atomic E-state index is 12.0. The largest absolute Gasteiger partial charge is 0.494 e. The molecule has 1 atom stereocenters. The van der Waals surface area contributed by atoms with Crippen molar-refractivity contribution in [2.45, 2.75) is 30.5 Å². The van der Waals surface area contributed by atoms with E-state index in [0.717, 1.165) is 22.8 Å². The van der Waals surface area contributed by atoms with Crippen LogP contribution in [0.3, 0.4) is 0 Å². The molecule has 1 aromatic heterocycles. The Morgan fingerprint density at radius 2 is 2.12 bits per heavy atom. The van der Waals surface area contributed by atoms with Crippen LogP contribution in [-0.4, -0.2) is 29.0 Å². The quantitative estimate of drug-likeness (QED) is 0.453. The molecule has 0 bridgehead atoms. The highest BCUT2D eigenvalue weighted by atomic mass is 32.2. The van der Waals surface area contributed by atoms with Crippen LogP contribution in [0.5, 0.6) is 5.75 Å². The number of ether oxygens (including phenoxy) is 1. The third-order valence-corrected chi connectivity index (χ3v) is 4.10. The van der Waals surface area contributed by atoms with E-state index in [2.05, 4.69) is 22.4 Å². The molecule has 1 aromatic carbocycles. The van der Waals surface area contributed by atoms with Gasteiger partial charge in [-0.1, -0.05) is 24.8 Å². The lowest BCUT2D eigenvalue weighted by Gasteiger charge is -2.08. The molecule has 0 unspecified atom stereocenters. The minimum atomic E-state index is -0.276. The summed E-state index contributed by atoms with van der Waals surface area (Å²) in [5.74, 6) is 0.670. The maximum Gasteiger partial charge on any atom is 0.253 e. The van der Waals surface area contributed by atoms with E-state index in [-0.39, 0.29) is 11.2 Å². The van der Waals surface area contributed by atoms with Gasteiger partial charge in [0.05, 0.1) is 23.1 Å². The highest BCUT2D eigenvalue weighted by Gasteiger charge is 2.13. The Bertz CT molecular complexity index is 660. The van der Waals surface area contributed by atoms with Gasteiger partial charge in [-0.3, -0.25) is 4.79 Å². The Labute approximate surface area is 146 Å². The Hall–Kier alpha value is -2.34. The minimum Gasteiger partial charge on any atom is -0.494 e. The van der Waals surface area contributed by atoms with Crippen LogP contribution in [0.2, 0.25) is 0 Å². The smallest absolute Gasteiger partial charge is 0.253 e. The number of hydrogen-bond acceptors (Lipinski definition) is 5. The summed E-state index contributed by atoms with van der Waals surface area (Å²) in [5, 5.41) is 4.53. The van der Waals surface area contributed by atoms with Crippen LogP contribution < -0.4 is 10.2 Å². The molecule has 126 valence electrons. The molecule has 0 aliphatic carbocycles. The molecule has 0 spiro atoms. The first-order chi connectivity index (χ1) is 11.7. The number of carbonyl (C=O) groups is 1. The molecular weight excluding hydrogens is 322 g/mol. The molecule has 0 aliphatic rings. The highest BCUT2D eigenvalue weighted by Crippen LogP contribution is 2.20. The average molecular weight is 343 g/mol. The van der Waals surface area contributed by atoms with E-state index in [9.17, 15) is 4.79 Å². The van der Waals surface area contributed by atoms with Crippen molar-refractivity contribution in [3.8, 4) is 5.75 Å². The third-order valence-electron chi connectivity index (χ3n) is 3.05. The number of benzene rings is 1. The van der Waals surface area contributed by atoms with Crippen LogP contribution in [0.15, 0.2) is 58.8 Å². The lowest BCUT2D eigenvalue weighted by atomic mass is 10.2. The molecular formula is C18H21N3O2S. The van der Waals surface area contributed by atoms with Gasteiger partial charge in [-0.2, -0.15) is 5.10 Å². The SMILES string of the molecule is CCCOc1ccc(/C=N\NC(=O)[C@H](C)Sc2ccccn2)cc1. The van der Waals surface area contributed by atoms with Crippen LogP contribution in [0.1, 0.15) is 25.8 Å². The number of pyridine rings is 1. The molecule has 2 rings (SSSR count). The molecule has 1 heterocycles. The minimum absolute atomic E-state index is 0.162. The van der Waals surface area contributed by atoms with Crippen molar-refractivity contribution in [2.24, 2.45) is 5.10 Å². The fourth-order valence-corrected chi connectivity index (χ4v) is 2.58. The summed E-state index contributed by atoms with van der Waals surface area (Å²) in [6, 6.07) is 13.2. The van der Waals surface area contributed by atoms with Gasteiger partial charge in [0, 0.05) is 6.20 Å². The van der Waals surface area contributed by atoms with Crippen molar-refractivity contribution in [1.82, 2.24) is 10.4 Å². The van der Waals surface area contributed by atoms with E-state index in [0.29, 0.717) is 6.61 Å². The summed E-state index contributed by atoms with van der Waals surface area (Å²) in [6.45, 7) is 4.59. The second kappa shape index (κ2) is 9.72. The predicted molar refractivity (Wildman–Crippen MR) is 97.5 cm³/mol. The predicted octanol–water partition coefficient (Wildman–Crippen LogP) is 3.50. The zero-order chi connectivity index (χ0) is 17.2. The molecule has 6 heteroatoms. The fourth-order valence-electron chi connectivity index (χ4n) is 1.78. The molecule has 0 aliphatic heterocycles. The summed E-state index contributed by atoms with van der Waals surface area (Å²) in [4.78, 5) is 16.2. The van der Waals surface area contributed by atoms with Crippen LogP contribution in [0.4, 0.5) is 0 Å². The van der Waals surface area contributed by atoms with E-state index in [1.165, 1.54) is 11.8 Å². The molecule has 2 aromatic rings. The summed E-state index contributed by atoms with van der Waals surface area (Å²) < 4.78 is 5.52. The number of nitrogens with zero attached hydrogens (tertiary/aromatic N) is 2. The molecule has 0 fully saturated rings.